The third-order valence-corrected chi connectivity index (χ3v) is 6.88. The number of carbonyl (C=O) groups is 2. The number of hydrogen-bond donors (Lipinski definition) is 3. The fraction of sp³-hybridized carbons (Fsp3) is 0.250. The monoisotopic (exact) mass is 654 g/mol. The molecule has 3 aromatic carbocycles. The molecule has 1 atom stereocenters. The van der Waals surface area contributed by atoms with Crippen molar-refractivity contribution in [2.45, 2.75) is 33.4 Å². The van der Waals surface area contributed by atoms with Crippen LogP contribution in [0, 0.1) is 5.82 Å². The van der Waals surface area contributed by atoms with Crippen LogP contribution in [-0.2, 0) is 20.9 Å². The number of carbonyl (C=O) groups excluding carboxylic acids is 2. The van der Waals surface area contributed by atoms with E-state index in [9.17, 15) is 14.0 Å². The molecule has 0 saturated heterocycles. The van der Waals surface area contributed by atoms with Gasteiger partial charge in [0.1, 0.15) is 18.2 Å². The van der Waals surface area contributed by atoms with Crippen molar-refractivity contribution in [2.75, 3.05) is 19.8 Å². The van der Waals surface area contributed by atoms with E-state index in [4.69, 9.17) is 42.8 Å². The van der Waals surface area contributed by atoms with Crippen LogP contribution in [-0.4, -0.2) is 43.0 Å². The predicted octanol–water partition coefficient (Wildman–Crippen LogP) is 5.34. The van der Waals surface area contributed by atoms with Gasteiger partial charge in [-0.05, 0) is 74.4 Å². The van der Waals surface area contributed by atoms with Crippen LogP contribution >= 0.6 is 23.8 Å². The highest BCUT2D eigenvalue weighted by molar-refractivity contribution is 7.80. The number of hydrogen-bond acceptors (Lipinski definition) is 8. The van der Waals surface area contributed by atoms with Crippen molar-refractivity contribution in [3.63, 3.8) is 0 Å². The van der Waals surface area contributed by atoms with Gasteiger partial charge in [0.15, 0.2) is 23.2 Å². The van der Waals surface area contributed by atoms with Gasteiger partial charge in [-0.2, -0.15) is 5.10 Å². The molecule has 0 saturated carbocycles. The molecule has 3 aromatic rings. The van der Waals surface area contributed by atoms with E-state index in [1.807, 2.05) is 6.92 Å². The number of esters is 1. The quantitative estimate of drug-likeness (QED) is 0.0971. The number of rotatable bonds is 13. The van der Waals surface area contributed by atoms with Crippen LogP contribution in [0.4, 0.5) is 4.39 Å². The van der Waals surface area contributed by atoms with Crippen molar-refractivity contribution in [1.29, 1.82) is 0 Å². The minimum Gasteiger partial charge on any atom is -0.490 e. The lowest BCUT2D eigenvalue weighted by atomic mass is 9.95. The number of amides is 1. The number of thiocarbonyl (C=S) groups is 1. The summed E-state index contributed by atoms with van der Waals surface area (Å²) in [5.74, 6) is -0.269. The summed E-state index contributed by atoms with van der Waals surface area (Å²) < 4.78 is 35.9. The Morgan fingerprint density at radius 3 is 2.53 bits per heavy atom. The fourth-order valence-electron chi connectivity index (χ4n) is 4.41. The zero-order valence-electron chi connectivity index (χ0n) is 24.8. The van der Waals surface area contributed by atoms with Crippen molar-refractivity contribution >= 4 is 47.0 Å². The second-order valence-electron chi connectivity index (χ2n) is 9.59. The highest BCUT2D eigenvalue weighted by Crippen LogP contribution is 2.37. The Labute approximate surface area is 270 Å². The molecule has 1 amide bonds. The van der Waals surface area contributed by atoms with Crippen LogP contribution in [0.15, 0.2) is 77.0 Å². The molecule has 0 aromatic heterocycles. The predicted molar refractivity (Wildman–Crippen MR) is 172 cm³/mol. The summed E-state index contributed by atoms with van der Waals surface area (Å²) in [5.41, 5.74) is 5.24. The van der Waals surface area contributed by atoms with Gasteiger partial charge in [-0.15, -0.1) is 0 Å². The van der Waals surface area contributed by atoms with Gasteiger partial charge < -0.3 is 29.6 Å². The molecule has 1 aliphatic heterocycles. The molecule has 0 radical (unpaired) electrons. The smallest absolute Gasteiger partial charge is 0.338 e. The summed E-state index contributed by atoms with van der Waals surface area (Å²) >= 11 is 11.8. The van der Waals surface area contributed by atoms with Crippen LogP contribution in [0.2, 0.25) is 5.02 Å². The molecular weight excluding hydrogens is 623 g/mol. The Hall–Kier alpha value is -4.68. The van der Waals surface area contributed by atoms with Gasteiger partial charge >= 0.3 is 5.97 Å². The van der Waals surface area contributed by atoms with E-state index in [0.29, 0.717) is 51.4 Å². The van der Waals surface area contributed by atoms with Gasteiger partial charge in [0.2, 0.25) is 0 Å². The lowest BCUT2D eigenvalue weighted by Gasteiger charge is -2.30. The van der Waals surface area contributed by atoms with Crippen LogP contribution in [0.1, 0.15) is 43.5 Å². The fourth-order valence-corrected chi connectivity index (χ4v) is 4.96. The van der Waals surface area contributed by atoms with E-state index < -0.39 is 17.9 Å². The van der Waals surface area contributed by atoms with E-state index in [1.165, 1.54) is 18.3 Å². The summed E-state index contributed by atoms with van der Waals surface area (Å²) in [5, 5.41) is 10.7. The van der Waals surface area contributed by atoms with Crippen molar-refractivity contribution in [3.05, 3.63) is 99.5 Å². The van der Waals surface area contributed by atoms with Crippen LogP contribution < -0.4 is 30.3 Å². The summed E-state index contributed by atoms with van der Waals surface area (Å²) in [6, 6.07) is 15.6. The molecule has 1 heterocycles. The first-order valence-electron chi connectivity index (χ1n) is 14.0. The topological polar surface area (TPSA) is 120 Å². The van der Waals surface area contributed by atoms with E-state index in [-0.39, 0.29) is 30.7 Å². The molecule has 0 unspecified atom stereocenters. The number of hydrazone groups is 1. The maximum atomic E-state index is 13.2. The van der Waals surface area contributed by atoms with Gasteiger partial charge in [-0.3, -0.25) is 4.79 Å². The molecule has 0 bridgehead atoms. The number of benzene rings is 3. The number of allylic oxidation sites excluding steroid dienone is 1. The molecule has 0 spiro atoms. The molecular formula is C32H32ClFN4O6S. The Kier molecular flexibility index (Phi) is 11.7. The third-order valence-electron chi connectivity index (χ3n) is 6.38. The molecule has 0 fully saturated rings. The maximum absolute atomic E-state index is 13.2. The SMILES string of the molecule is CCOC(=O)C1=C(C)NC(=S)N[C@@H]1c1ccccc1OCC(=O)NN=Cc1cc(Cl)c(OCc2ccc(F)cc2)c(OCC)c1. The Morgan fingerprint density at radius 2 is 1.80 bits per heavy atom. The number of nitrogens with one attached hydrogen (secondary N) is 3. The lowest BCUT2D eigenvalue weighted by molar-refractivity contribution is -0.139. The highest BCUT2D eigenvalue weighted by atomic mass is 35.5. The molecule has 236 valence electrons. The van der Waals surface area contributed by atoms with E-state index in [1.54, 1.807) is 62.4 Å². The van der Waals surface area contributed by atoms with Gasteiger partial charge in [-0.1, -0.05) is 41.9 Å². The van der Waals surface area contributed by atoms with Gasteiger partial charge in [-0.25, -0.2) is 14.6 Å². The molecule has 0 aliphatic carbocycles. The average molecular weight is 655 g/mol. The Balaban J connectivity index is 1.41. The summed E-state index contributed by atoms with van der Waals surface area (Å²) in [6.45, 7) is 5.65. The van der Waals surface area contributed by atoms with Crippen molar-refractivity contribution in [3.8, 4) is 17.2 Å². The normalized spacial score (nSPS) is 14.4. The summed E-state index contributed by atoms with van der Waals surface area (Å²) in [6.07, 6.45) is 1.41. The summed E-state index contributed by atoms with van der Waals surface area (Å²) in [4.78, 5) is 25.4. The molecule has 1 aliphatic rings. The minimum atomic E-state index is -0.651. The van der Waals surface area contributed by atoms with E-state index in [0.717, 1.165) is 5.56 Å². The number of nitrogens with zero attached hydrogens (tertiary/aromatic N) is 1. The second-order valence-corrected chi connectivity index (χ2v) is 10.4. The third kappa shape index (κ3) is 8.93. The number of halogens is 2. The Bertz CT molecular complexity index is 1620. The molecule has 45 heavy (non-hydrogen) atoms. The first-order chi connectivity index (χ1) is 21.7. The molecule has 10 nitrogen and oxygen atoms in total. The highest BCUT2D eigenvalue weighted by Gasteiger charge is 2.32. The first-order valence-corrected chi connectivity index (χ1v) is 14.8. The maximum Gasteiger partial charge on any atom is 0.338 e. The van der Waals surface area contributed by atoms with Crippen LogP contribution in [0.25, 0.3) is 0 Å². The average Bonchev–Trinajstić information content (AvgIpc) is 3.00. The van der Waals surface area contributed by atoms with Gasteiger partial charge in [0.05, 0.1) is 36.1 Å². The number of para-hydroxylation sites is 1. The molecule has 4 rings (SSSR count). The van der Waals surface area contributed by atoms with Crippen molar-refractivity contribution in [2.24, 2.45) is 5.10 Å². The van der Waals surface area contributed by atoms with Gasteiger partial charge in [0, 0.05) is 11.3 Å². The largest absolute Gasteiger partial charge is 0.490 e. The standard InChI is InChI=1S/C32H32ClFN4O6S/c1-4-41-26-15-21(14-24(33)30(26)44-17-20-10-12-22(34)13-11-20)16-35-38-27(39)18-43-25-9-7-6-8-23(25)29-28(31(40)42-5-2)19(3)36-32(45)37-29/h6-16,29H,4-5,17-18H2,1-3H3,(H,38,39)(H2,36,37,45)/t29-/m1/s1. The minimum absolute atomic E-state index is 0.160. The zero-order valence-corrected chi connectivity index (χ0v) is 26.4. The van der Waals surface area contributed by atoms with Crippen molar-refractivity contribution < 1.29 is 32.9 Å². The molecule has 13 heteroatoms. The van der Waals surface area contributed by atoms with Crippen molar-refractivity contribution in [1.82, 2.24) is 16.1 Å². The molecule has 3 N–H and O–H groups in total. The number of ether oxygens (including phenoxy) is 4. The van der Waals surface area contributed by atoms with Crippen LogP contribution in [0.3, 0.4) is 0 Å². The van der Waals surface area contributed by atoms with E-state index in [2.05, 4.69) is 21.2 Å². The zero-order chi connectivity index (χ0) is 32.3. The van der Waals surface area contributed by atoms with E-state index >= 15 is 0 Å². The van der Waals surface area contributed by atoms with Gasteiger partial charge in [0.25, 0.3) is 5.91 Å². The Morgan fingerprint density at radius 1 is 1.04 bits per heavy atom. The lowest BCUT2D eigenvalue weighted by Crippen LogP contribution is -2.45. The summed E-state index contributed by atoms with van der Waals surface area (Å²) in [7, 11) is 0. The first kappa shape index (κ1) is 33.2. The second kappa shape index (κ2) is 15.9. The van der Waals surface area contributed by atoms with Crippen LogP contribution in [0.5, 0.6) is 17.2 Å².